The lowest BCUT2D eigenvalue weighted by molar-refractivity contribution is -0.117. The van der Waals surface area contributed by atoms with Crippen LogP contribution in [-0.2, 0) is 9.59 Å². The second-order valence-corrected chi connectivity index (χ2v) is 9.38. The molecular formula is C25H27N5O3S. The normalized spacial score (nSPS) is 15.4. The zero-order valence-electron chi connectivity index (χ0n) is 19.2. The fourth-order valence-electron chi connectivity index (χ4n) is 3.80. The molecule has 1 atom stereocenters. The number of hydrogen-bond donors (Lipinski definition) is 2. The van der Waals surface area contributed by atoms with Gasteiger partial charge in [0.1, 0.15) is 5.01 Å². The predicted molar refractivity (Wildman–Crippen MR) is 133 cm³/mol. The molecule has 3 amide bonds. The van der Waals surface area contributed by atoms with Crippen LogP contribution >= 0.6 is 11.3 Å². The Morgan fingerprint density at radius 1 is 1.12 bits per heavy atom. The van der Waals surface area contributed by atoms with Crippen molar-refractivity contribution < 1.29 is 14.4 Å². The molecule has 1 saturated heterocycles. The molecule has 2 N–H and O–H groups in total. The molecule has 8 nitrogen and oxygen atoms in total. The summed E-state index contributed by atoms with van der Waals surface area (Å²) in [6.45, 7) is 4.57. The van der Waals surface area contributed by atoms with E-state index in [1.807, 2.05) is 38.1 Å². The summed E-state index contributed by atoms with van der Waals surface area (Å²) < 4.78 is 0. The van der Waals surface area contributed by atoms with Gasteiger partial charge in [-0.25, -0.2) is 0 Å². The van der Waals surface area contributed by atoms with Gasteiger partial charge in [0.25, 0.3) is 5.91 Å². The van der Waals surface area contributed by atoms with Crippen LogP contribution in [0.2, 0.25) is 0 Å². The largest absolute Gasteiger partial charge is 0.326 e. The van der Waals surface area contributed by atoms with Gasteiger partial charge in [0.05, 0.1) is 0 Å². The molecule has 0 spiro atoms. The van der Waals surface area contributed by atoms with Gasteiger partial charge in [-0.3, -0.25) is 19.7 Å². The van der Waals surface area contributed by atoms with Gasteiger partial charge in [-0.05, 0) is 55.3 Å². The van der Waals surface area contributed by atoms with Crippen molar-refractivity contribution in [1.82, 2.24) is 10.2 Å². The number of benzene rings is 2. The molecule has 2 aromatic carbocycles. The summed E-state index contributed by atoms with van der Waals surface area (Å²) in [5, 5.41) is 15.0. The molecule has 1 aliphatic rings. The van der Waals surface area contributed by atoms with Crippen molar-refractivity contribution in [2.24, 2.45) is 0 Å². The average Bonchev–Trinajstić information content (AvgIpc) is 3.44. The van der Waals surface area contributed by atoms with E-state index in [2.05, 4.69) is 20.8 Å². The molecule has 1 unspecified atom stereocenters. The maximum Gasteiger partial charge on any atom is 0.257 e. The number of unbranched alkanes of at least 4 members (excludes halogenated alkanes) is 1. The van der Waals surface area contributed by atoms with Gasteiger partial charge in [0.15, 0.2) is 0 Å². The van der Waals surface area contributed by atoms with Gasteiger partial charge in [-0.15, -0.1) is 10.2 Å². The first kappa shape index (κ1) is 23.6. The maximum absolute atomic E-state index is 12.6. The summed E-state index contributed by atoms with van der Waals surface area (Å²) >= 11 is 1.28. The molecule has 0 saturated carbocycles. The Balaban J connectivity index is 1.35. The van der Waals surface area contributed by atoms with Crippen LogP contribution in [0, 0.1) is 6.92 Å². The van der Waals surface area contributed by atoms with Crippen LogP contribution in [0.15, 0.2) is 48.5 Å². The van der Waals surface area contributed by atoms with E-state index in [-0.39, 0.29) is 23.6 Å². The van der Waals surface area contributed by atoms with Gasteiger partial charge >= 0.3 is 0 Å². The molecule has 1 aliphatic heterocycles. The minimum Gasteiger partial charge on any atom is -0.326 e. The van der Waals surface area contributed by atoms with Crippen LogP contribution in [0.3, 0.4) is 0 Å². The number of nitrogens with zero attached hydrogens (tertiary/aromatic N) is 3. The van der Waals surface area contributed by atoms with Crippen molar-refractivity contribution in [2.45, 2.75) is 45.4 Å². The number of nitrogens with one attached hydrogen (secondary N) is 2. The highest BCUT2D eigenvalue weighted by atomic mass is 32.1. The third-order valence-corrected chi connectivity index (χ3v) is 6.64. The van der Waals surface area contributed by atoms with E-state index in [0.29, 0.717) is 35.8 Å². The minimum atomic E-state index is -0.310. The van der Waals surface area contributed by atoms with E-state index in [1.165, 1.54) is 11.3 Å². The van der Waals surface area contributed by atoms with Crippen LogP contribution in [0.1, 0.15) is 59.5 Å². The van der Waals surface area contributed by atoms with Gasteiger partial charge in [0.2, 0.25) is 16.9 Å². The Bertz CT molecular complexity index is 1190. The lowest BCUT2D eigenvalue weighted by atomic mass is 10.1. The fraction of sp³-hybridized carbons (Fsp3) is 0.320. The molecule has 4 rings (SSSR count). The number of aryl methyl sites for hydroxylation is 1. The first-order chi connectivity index (χ1) is 16.4. The molecule has 1 fully saturated rings. The van der Waals surface area contributed by atoms with Crippen molar-refractivity contribution >= 4 is 45.6 Å². The highest BCUT2D eigenvalue weighted by Gasteiger charge is 2.34. The lowest BCUT2D eigenvalue weighted by Gasteiger charge is -2.16. The van der Waals surface area contributed by atoms with Crippen LogP contribution in [0.4, 0.5) is 16.5 Å². The van der Waals surface area contributed by atoms with Crippen molar-refractivity contribution in [3.8, 4) is 0 Å². The number of carbonyl (C=O) groups is 3. The fourth-order valence-corrected chi connectivity index (χ4v) is 4.63. The van der Waals surface area contributed by atoms with Crippen LogP contribution < -0.4 is 15.5 Å². The number of hydrogen-bond acceptors (Lipinski definition) is 6. The van der Waals surface area contributed by atoms with E-state index in [4.69, 9.17) is 0 Å². The number of carbonyl (C=O) groups excluding carboxylic acids is 3. The number of rotatable bonds is 8. The minimum absolute atomic E-state index is 0.0354. The van der Waals surface area contributed by atoms with E-state index in [9.17, 15) is 14.4 Å². The second kappa shape index (κ2) is 10.6. The van der Waals surface area contributed by atoms with Crippen molar-refractivity contribution in [2.75, 3.05) is 22.1 Å². The van der Waals surface area contributed by atoms with Crippen LogP contribution in [0.5, 0.6) is 0 Å². The zero-order valence-corrected chi connectivity index (χ0v) is 20.0. The first-order valence-electron chi connectivity index (χ1n) is 11.3. The topological polar surface area (TPSA) is 104 Å². The zero-order chi connectivity index (χ0) is 24.1. The number of anilines is 3. The van der Waals surface area contributed by atoms with E-state index in [0.717, 1.165) is 29.1 Å². The number of amides is 3. The van der Waals surface area contributed by atoms with Crippen molar-refractivity contribution in [3.63, 3.8) is 0 Å². The highest BCUT2D eigenvalue weighted by molar-refractivity contribution is 7.15. The molecule has 3 aromatic rings. The third-order valence-electron chi connectivity index (χ3n) is 5.64. The molecule has 2 heterocycles. The van der Waals surface area contributed by atoms with Gasteiger partial charge in [0, 0.05) is 42.2 Å². The van der Waals surface area contributed by atoms with E-state index >= 15 is 0 Å². The van der Waals surface area contributed by atoms with Gasteiger partial charge in [-0.1, -0.05) is 36.8 Å². The Kier molecular flexibility index (Phi) is 7.32. The van der Waals surface area contributed by atoms with E-state index in [1.54, 1.807) is 29.2 Å². The lowest BCUT2D eigenvalue weighted by Crippen LogP contribution is -2.24. The summed E-state index contributed by atoms with van der Waals surface area (Å²) in [6, 6.07) is 14.6. The van der Waals surface area contributed by atoms with Gasteiger partial charge < -0.3 is 10.2 Å². The Hall–Kier alpha value is -3.59. The molecule has 176 valence electrons. The third kappa shape index (κ3) is 5.66. The summed E-state index contributed by atoms with van der Waals surface area (Å²) in [4.78, 5) is 38.8. The predicted octanol–water partition coefficient (Wildman–Crippen LogP) is 4.75. The Morgan fingerprint density at radius 3 is 2.65 bits per heavy atom. The molecule has 0 aliphatic carbocycles. The summed E-state index contributed by atoms with van der Waals surface area (Å²) in [6.07, 6.45) is 2.65. The smallest absolute Gasteiger partial charge is 0.257 e. The summed E-state index contributed by atoms with van der Waals surface area (Å²) in [5.41, 5.74) is 3.09. The summed E-state index contributed by atoms with van der Waals surface area (Å²) in [5.74, 6) is -0.354. The van der Waals surface area contributed by atoms with Crippen molar-refractivity contribution in [1.29, 1.82) is 0 Å². The Morgan fingerprint density at radius 2 is 1.91 bits per heavy atom. The van der Waals surface area contributed by atoms with Crippen LogP contribution in [-0.4, -0.2) is 34.5 Å². The molecular weight excluding hydrogens is 450 g/mol. The Labute approximate surface area is 202 Å². The average molecular weight is 478 g/mol. The number of aromatic nitrogens is 2. The molecule has 9 heteroatoms. The second-order valence-electron chi connectivity index (χ2n) is 8.37. The van der Waals surface area contributed by atoms with Gasteiger partial charge in [-0.2, -0.15) is 0 Å². The molecule has 0 radical (unpaired) electrons. The van der Waals surface area contributed by atoms with Crippen LogP contribution in [0.25, 0.3) is 0 Å². The summed E-state index contributed by atoms with van der Waals surface area (Å²) in [7, 11) is 0. The molecule has 34 heavy (non-hydrogen) atoms. The highest BCUT2D eigenvalue weighted by Crippen LogP contribution is 2.34. The maximum atomic E-state index is 12.6. The quantitative estimate of drug-likeness (QED) is 0.487. The standard InChI is InChI=1S/C25H27N5O3S/c1-3-4-8-21(31)26-19-11-9-17(10-12-19)23(33)27-25-29-28-24(34-25)18-14-22(32)30(15-18)20-7-5-6-16(2)13-20/h5-7,9-13,18H,3-4,8,14-15H2,1-2H3,(H,26,31)(H,27,29,33). The first-order valence-corrected chi connectivity index (χ1v) is 12.2. The van der Waals surface area contributed by atoms with E-state index < -0.39 is 0 Å². The monoisotopic (exact) mass is 477 g/mol. The van der Waals surface area contributed by atoms with Crippen molar-refractivity contribution in [3.05, 3.63) is 64.7 Å². The molecule has 0 bridgehead atoms. The molecule has 1 aromatic heterocycles. The SMILES string of the molecule is CCCCC(=O)Nc1ccc(C(=O)Nc2nnc(C3CC(=O)N(c4cccc(C)c4)C3)s2)cc1.